The van der Waals surface area contributed by atoms with Gasteiger partial charge in [0.2, 0.25) is 0 Å². The van der Waals surface area contributed by atoms with Crippen molar-refractivity contribution in [1.82, 2.24) is 9.88 Å². The van der Waals surface area contributed by atoms with Gasteiger partial charge in [-0.25, -0.2) is 9.59 Å². The van der Waals surface area contributed by atoms with Crippen LogP contribution < -0.4 is 22.3 Å². The number of nitrogens with one attached hydrogen (secondary N) is 1. The molecule has 40 heavy (non-hydrogen) atoms. The number of hydrogen-bond acceptors (Lipinski definition) is 5. The van der Waals surface area contributed by atoms with E-state index in [9.17, 15) is 32.7 Å². The van der Waals surface area contributed by atoms with Crippen molar-refractivity contribution in [3.63, 3.8) is 0 Å². The third-order valence-corrected chi connectivity index (χ3v) is 5.24. The van der Waals surface area contributed by atoms with Gasteiger partial charge in [0.1, 0.15) is 11.6 Å². The number of aliphatic imine (C=N–C) groups is 1. The normalized spacial score (nSPS) is 11.4. The van der Waals surface area contributed by atoms with Gasteiger partial charge in [0.25, 0.3) is 11.5 Å². The fraction of sp³-hybridized carbons (Fsp3) is 0.192. The highest BCUT2D eigenvalue weighted by Crippen LogP contribution is 2.20. The van der Waals surface area contributed by atoms with E-state index in [1.165, 1.54) is 10.6 Å². The van der Waals surface area contributed by atoms with E-state index in [1.807, 2.05) is 42.5 Å². The molecule has 0 aliphatic heterocycles. The Morgan fingerprint density at radius 3 is 2.02 bits per heavy atom. The van der Waals surface area contributed by atoms with Crippen molar-refractivity contribution in [3.8, 4) is 16.8 Å². The summed E-state index contributed by atoms with van der Waals surface area (Å²) in [4.78, 5) is 49.9. The van der Waals surface area contributed by atoms with Crippen molar-refractivity contribution >= 4 is 23.8 Å². The third-order valence-electron chi connectivity index (χ3n) is 5.24. The van der Waals surface area contributed by atoms with E-state index >= 15 is 0 Å². The van der Waals surface area contributed by atoms with Crippen LogP contribution in [0.3, 0.4) is 0 Å². The second-order valence-electron chi connectivity index (χ2n) is 8.13. The average molecular weight is 562 g/mol. The number of alkyl halides is 3. The first-order chi connectivity index (χ1) is 18.8. The highest BCUT2D eigenvalue weighted by Gasteiger charge is 2.38. The Morgan fingerprint density at radius 2 is 1.50 bits per heavy atom. The van der Waals surface area contributed by atoms with Crippen LogP contribution in [0.5, 0.6) is 0 Å². The van der Waals surface area contributed by atoms with Crippen molar-refractivity contribution in [1.29, 1.82) is 0 Å². The summed E-state index contributed by atoms with van der Waals surface area (Å²) in [6.07, 6.45) is -3.07. The molecule has 212 valence electrons. The molecule has 7 N–H and O–H groups in total. The van der Waals surface area contributed by atoms with Gasteiger partial charge in [-0.1, -0.05) is 42.5 Å². The van der Waals surface area contributed by atoms with Crippen molar-refractivity contribution in [2.45, 2.75) is 25.1 Å². The number of carboxylic acid groups (broad SMARTS) is 2. The quantitative estimate of drug-likeness (QED) is 0.149. The number of hydrogen-bond donors (Lipinski definition) is 5. The zero-order chi connectivity index (χ0) is 29.9. The standard InChI is InChI=1S/C24H25N5O4.C2HF3O2/c25-24(26)27-14-4-9-20(23(32)33)28-21(30)19-8-5-15-29(22(19)31)18-12-10-17(11-13-18)16-6-2-1-3-7-16;3-2(4,5)1(6)7/h1-3,5-8,10-13,15,20H,4,9,14H2,(H,28,30)(H,32,33)(H4,25,26,27);(H,6,7)/t20-;/m0./s1. The molecule has 0 unspecified atom stereocenters. The maximum Gasteiger partial charge on any atom is 0.490 e. The lowest BCUT2D eigenvalue weighted by molar-refractivity contribution is -0.192. The molecule has 1 atom stereocenters. The molecule has 1 amide bonds. The molecule has 0 aliphatic rings. The van der Waals surface area contributed by atoms with Crippen molar-refractivity contribution in [2.24, 2.45) is 16.5 Å². The molecular weight excluding hydrogens is 535 g/mol. The number of carbonyl (C=O) groups excluding carboxylic acids is 1. The van der Waals surface area contributed by atoms with Crippen LogP contribution in [0.2, 0.25) is 0 Å². The number of carboxylic acids is 2. The number of benzene rings is 2. The topological polar surface area (TPSA) is 190 Å². The summed E-state index contributed by atoms with van der Waals surface area (Å²) >= 11 is 0. The summed E-state index contributed by atoms with van der Waals surface area (Å²) in [5.74, 6) is -4.81. The van der Waals surface area contributed by atoms with Crippen LogP contribution in [0.4, 0.5) is 13.2 Å². The molecule has 0 spiro atoms. The van der Waals surface area contributed by atoms with Crippen molar-refractivity contribution in [3.05, 3.63) is 88.8 Å². The number of nitrogens with zero attached hydrogens (tertiary/aromatic N) is 2. The first kappa shape index (κ1) is 31.1. The summed E-state index contributed by atoms with van der Waals surface area (Å²) in [5, 5.41) is 18.9. The lowest BCUT2D eigenvalue weighted by Crippen LogP contribution is -2.43. The Hall–Kier alpha value is -5.14. The van der Waals surface area contributed by atoms with Crippen LogP contribution in [-0.2, 0) is 9.59 Å². The van der Waals surface area contributed by atoms with Crippen molar-refractivity contribution < 1.29 is 37.8 Å². The second kappa shape index (κ2) is 14.1. The van der Waals surface area contributed by atoms with E-state index in [0.717, 1.165) is 11.1 Å². The molecule has 11 nitrogen and oxygen atoms in total. The molecule has 1 aromatic heterocycles. The number of rotatable bonds is 9. The molecular formula is C26H26F3N5O6. The van der Waals surface area contributed by atoms with Gasteiger partial charge < -0.3 is 27.0 Å². The average Bonchev–Trinajstić information content (AvgIpc) is 2.90. The summed E-state index contributed by atoms with van der Waals surface area (Å²) in [6.45, 7) is 0.235. The van der Waals surface area contributed by atoms with Crippen LogP contribution in [0.15, 0.2) is 82.7 Å². The maximum atomic E-state index is 13.0. The molecule has 0 bridgehead atoms. The fourth-order valence-electron chi connectivity index (χ4n) is 3.31. The SMILES string of the molecule is NC(N)=NCCC[C@H](NC(=O)c1cccn(-c2ccc(-c3ccccc3)cc2)c1=O)C(=O)O.O=C(O)C(F)(F)F. The Labute approximate surface area is 225 Å². The number of aromatic nitrogens is 1. The Kier molecular flexibility index (Phi) is 11.0. The Bertz CT molecular complexity index is 1400. The minimum Gasteiger partial charge on any atom is -0.480 e. The first-order valence-electron chi connectivity index (χ1n) is 11.6. The van der Waals surface area contributed by atoms with Gasteiger partial charge in [0, 0.05) is 18.4 Å². The molecule has 3 aromatic rings. The number of halogens is 3. The van der Waals surface area contributed by atoms with E-state index in [4.69, 9.17) is 21.4 Å². The lowest BCUT2D eigenvalue weighted by atomic mass is 10.1. The van der Waals surface area contributed by atoms with Crippen molar-refractivity contribution in [2.75, 3.05) is 6.54 Å². The van der Waals surface area contributed by atoms with Gasteiger partial charge in [0.05, 0.1) is 0 Å². The Balaban J connectivity index is 0.000000708. The molecule has 14 heteroatoms. The maximum absolute atomic E-state index is 13.0. The second-order valence-corrected chi connectivity index (χ2v) is 8.13. The number of carbonyl (C=O) groups is 3. The third kappa shape index (κ3) is 9.31. The molecule has 0 saturated heterocycles. The molecule has 0 radical (unpaired) electrons. The smallest absolute Gasteiger partial charge is 0.480 e. The van der Waals surface area contributed by atoms with Crippen LogP contribution in [-0.4, -0.2) is 57.3 Å². The van der Waals surface area contributed by atoms with E-state index < -0.39 is 35.6 Å². The number of amides is 1. The minimum absolute atomic E-state index is 0.0902. The van der Waals surface area contributed by atoms with Crippen LogP contribution >= 0.6 is 0 Å². The largest absolute Gasteiger partial charge is 0.490 e. The summed E-state index contributed by atoms with van der Waals surface area (Å²) < 4.78 is 33.1. The lowest BCUT2D eigenvalue weighted by Gasteiger charge is -2.14. The number of pyridine rings is 1. The minimum atomic E-state index is -5.08. The van der Waals surface area contributed by atoms with Crippen LogP contribution in [0.25, 0.3) is 16.8 Å². The van der Waals surface area contributed by atoms with Gasteiger partial charge >= 0.3 is 18.1 Å². The van der Waals surface area contributed by atoms with Gasteiger partial charge in [0.15, 0.2) is 5.96 Å². The first-order valence-corrected chi connectivity index (χ1v) is 11.6. The molecule has 2 aromatic carbocycles. The predicted octanol–water partition coefficient (Wildman–Crippen LogP) is 2.37. The summed E-state index contributed by atoms with van der Waals surface area (Å²) in [7, 11) is 0. The fourth-order valence-corrected chi connectivity index (χ4v) is 3.31. The monoisotopic (exact) mass is 561 g/mol. The van der Waals surface area contributed by atoms with Gasteiger partial charge in [-0.3, -0.25) is 19.1 Å². The molecule has 0 fully saturated rings. The van der Waals surface area contributed by atoms with Crippen LogP contribution in [0.1, 0.15) is 23.2 Å². The summed E-state index contributed by atoms with van der Waals surface area (Å²) in [5.41, 5.74) is 12.4. The Morgan fingerprint density at radius 1 is 0.925 bits per heavy atom. The highest BCUT2D eigenvalue weighted by atomic mass is 19.4. The van der Waals surface area contributed by atoms with Gasteiger partial charge in [-0.05, 0) is 48.2 Å². The zero-order valence-corrected chi connectivity index (χ0v) is 20.8. The molecule has 1 heterocycles. The van der Waals surface area contributed by atoms with E-state index in [1.54, 1.807) is 24.4 Å². The number of nitrogens with two attached hydrogens (primary N) is 2. The molecule has 3 rings (SSSR count). The van der Waals surface area contributed by atoms with E-state index in [2.05, 4.69) is 10.3 Å². The van der Waals surface area contributed by atoms with Gasteiger partial charge in [-0.2, -0.15) is 13.2 Å². The van der Waals surface area contributed by atoms with Crippen LogP contribution in [0, 0.1) is 0 Å². The number of aliphatic carboxylic acids is 2. The predicted molar refractivity (Wildman–Crippen MR) is 140 cm³/mol. The highest BCUT2D eigenvalue weighted by molar-refractivity contribution is 5.96. The van der Waals surface area contributed by atoms with E-state index in [-0.39, 0.29) is 24.5 Å². The summed E-state index contributed by atoms with van der Waals surface area (Å²) in [6, 6.07) is 18.9. The molecule has 0 saturated carbocycles. The number of guanidine groups is 1. The van der Waals surface area contributed by atoms with Gasteiger partial charge in [-0.15, -0.1) is 0 Å². The molecule has 0 aliphatic carbocycles. The van der Waals surface area contributed by atoms with E-state index in [0.29, 0.717) is 12.1 Å². The zero-order valence-electron chi connectivity index (χ0n) is 20.8.